The van der Waals surface area contributed by atoms with Crippen LogP contribution in [0.1, 0.15) is 21.5 Å². The fraction of sp³-hybridized carbons (Fsp3) is 0.200. The number of primary amides is 1. The van der Waals surface area contributed by atoms with E-state index in [1.807, 2.05) is 13.8 Å². The topological polar surface area (TPSA) is 98.0 Å². The van der Waals surface area contributed by atoms with Crippen LogP contribution in [0.2, 0.25) is 0 Å². The Labute approximate surface area is 122 Å². The first-order valence-corrected chi connectivity index (χ1v) is 6.45. The minimum Gasteiger partial charge on any atom is -0.368 e. The lowest BCUT2D eigenvalue weighted by Gasteiger charge is -2.07. The molecular formula is C15H16N4O2. The third kappa shape index (κ3) is 3.42. The van der Waals surface area contributed by atoms with Crippen LogP contribution in [0.4, 0.5) is 0 Å². The Morgan fingerprint density at radius 1 is 1.19 bits per heavy atom. The number of aromatic nitrogens is 2. The molecule has 2 aromatic rings. The third-order valence-corrected chi connectivity index (χ3v) is 3.20. The van der Waals surface area contributed by atoms with Gasteiger partial charge in [0, 0.05) is 11.1 Å². The first-order chi connectivity index (χ1) is 9.99. The molecule has 0 radical (unpaired) electrons. The molecule has 1 aromatic heterocycles. The molecule has 0 spiro atoms. The zero-order valence-corrected chi connectivity index (χ0v) is 11.9. The number of amides is 2. The van der Waals surface area contributed by atoms with E-state index in [1.54, 1.807) is 30.5 Å². The fourth-order valence-electron chi connectivity index (χ4n) is 1.85. The van der Waals surface area contributed by atoms with Crippen LogP contribution in [0.25, 0.3) is 11.3 Å². The van der Waals surface area contributed by atoms with Crippen LogP contribution in [0.15, 0.2) is 30.5 Å². The first-order valence-electron chi connectivity index (χ1n) is 6.45. The molecule has 2 rings (SSSR count). The second-order valence-electron chi connectivity index (χ2n) is 4.73. The molecule has 2 amide bonds. The second-order valence-corrected chi connectivity index (χ2v) is 4.73. The molecule has 6 heteroatoms. The van der Waals surface area contributed by atoms with Gasteiger partial charge in [0.05, 0.1) is 18.4 Å². The van der Waals surface area contributed by atoms with E-state index in [2.05, 4.69) is 15.5 Å². The maximum atomic E-state index is 11.8. The highest BCUT2D eigenvalue weighted by atomic mass is 16.2. The molecule has 0 saturated carbocycles. The lowest BCUT2D eigenvalue weighted by molar-refractivity contribution is -0.117. The van der Waals surface area contributed by atoms with E-state index < -0.39 is 5.91 Å². The molecule has 0 bridgehead atoms. The smallest absolute Gasteiger partial charge is 0.251 e. The van der Waals surface area contributed by atoms with E-state index in [1.165, 1.54) is 0 Å². The number of rotatable bonds is 4. The number of hydrogen-bond donors (Lipinski definition) is 2. The van der Waals surface area contributed by atoms with Crippen molar-refractivity contribution < 1.29 is 9.59 Å². The summed E-state index contributed by atoms with van der Waals surface area (Å²) < 4.78 is 0. The maximum Gasteiger partial charge on any atom is 0.251 e. The predicted octanol–water partition coefficient (Wildman–Crippen LogP) is 0.976. The van der Waals surface area contributed by atoms with Gasteiger partial charge in [-0.05, 0) is 37.1 Å². The lowest BCUT2D eigenvalue weighted by atomic mass is 10.0. The SMILES string of the molecule is Cc1cnnc(-c2ccc(C(=O)NCC(N)=O)cc2)c1C. The monoisotopic (exact) mass is 284 g/mol. The van der Waals surface area contributed by atoms with E-state index in [0.717, 1.165) is 22.4 Å². The normalized spacial score (nSPS) is 10.2. The van der Waals surface area contributed by atoms with Gasteiger partial charge in [-0.15, -0.1) is 0 Å². The Morgan fingerprint density at radius 3 is 2.48 bits per heavy atom. The van der Waals surface area contributed by atoms with Crippen molar-refractivity contribution in [2.75, 3.05) is 6.54 Å². The van der Waals surface area contributed by atoms with Crippen molar-refractivity contribution in [2.24, 2.45) is 5.73 Å². The Morgan fingerprint density at radius 2 is 1.86 bits per heavy atom. The Hall–Kier alpha value is -2.76. The van der Waals surface area contributed by atoms with Crippen LogP contribution < -0.4 is 11.1 Å². The summed E-state index contributed by atoms with van der Waals surface area (Å²) in [5, 5.41) is 10.5. The number of aryl methyl sites for hydroxylation is 1. The molecule has 0 aliphatic carbocycles. The highest BCUT2D eigenvalue weighted by Crippen LogP contribution is 2.22. The van der Waals surface area contributed by atoms with Crippen LogP contribution in [-0.2, 0) is 4.79 Å². The standard InChI is InChI=1S/C15H16N4O2/c1-9-7-18-19-14(10(9)2)11-3-5-12(6-4-11)15(21)17-8-13(16)20/h3-7H,8H2,1-2H3,(H2,16,20)(H,17,21). The molecule has 21 heavy (non-hydrogen) atoms. The molecule has 0 saturated heterocycles. The fourth-order valence-corrected chi connectivity index (χ4v) is 1.85. The number of hydrogen-bond acceptors (Lipinski definition) is 4. The number of nitrogens with zero attached hydrogens (tertiary/aromatic N) is 2. The third-order valence-electron chi connectivity index (χ3n) is 3.20. The summed E-state index contributed by atoms with van der Waals surface area (Å²) in [6.07, 6.45) is 1.71. The van der Waals surface area contributed by atoms with Gasteiger partial charge in [-0.25, -0.2) is 0 Å². The average Bonchev–Trinajstić information content (AvgIpc) is 2.48. The largest absolute Gasteiger partial charge is 0.368 e. The zero-order chi connectivity index (χ0) is 15.4. The average molecular weight is 284 g/mol. The van der Waals surface area contributed by atoms with Gasteiger partial charge in [0.15, 0.2) is 0 Å². The molecule has 0 unspecified atom stereocenters. The van der Waals surface area contributed by atoms with Crippen molar-refractivity contribution >= 4 is 11.8 Å². The summed E-state index contributed by atoms with van der Waals surface area (Å²) in [4.78, 5) is 22.4. The molecule has 1 heterocycles. The molecule has 3 N–H and O–H groups in total. The molecule has 6 nitrogen and oxygen atoms in total. The molecule has 0 aliphatic rings. The summed E-state index contributed by atoms with van der Waals surface area (Å²) >= 11 is 0. The molecular weight excluding hydrogens is 268 g/mol. The predicted molar refractivity (Wildman–Crippen MR) is 78.5 cm³/mol. The van der Waals surface area contributed by atoms with Crippen molar-refractivity contribution in [1.29, 1.82) is 0 Å². The van der Waals surface area contributed by atoms with Gasteiger partial charge >= 0.3 is 0 Å². The Balaban J connectivity index is 2.21. The van der Waals surface area contributed by atoms with E-state index in [-0.39, 0.29) is 12.5 Å². The molecule has 1 aromatic carbocycles. The van der Waals surface area contributed by atoms with Crippen molar-refractivity contribution in [1.82, 2.24) is 15.5 Å². The van der Waals surface area contributed by atoms with Gasteiger partial charge in [-0.1, -0.05) is 12.1 Å². The summed E-state index contributed by atoms with van der Waals surface area (Å²) in [5.74, 6) is -0.918. The summed E-state index contributed by atoms with van der Waals surface area (Å²) in [7, 11) is 0. The lowest BCUT2D eigenvalue weighted by Crippen LogP contribution is -2.33. The van der Waals surface area contributed by atoms with Gasteiger partial charge in [0.1, 0.15) is 0 Å². The number of carbonyl (C=O) groups is 2. The van der Waals surface area contributed by atoms with E-state index in [4.69, 9.17) is 5.73 Å². The number of nitrogens with two attached hydrogens (primary N) is 1. The molecule has 0 fully saturated rings. The van der Waals surface area contributed by atoms with Gasteiger partial charge in [0.25, 0.3) is 5.91 Å². The molecule has 0 aliphatic heterocycles. The van der Waals surface area contributed by atoms with Crippen LogP contribution in [-0.4, -0.2) is 28.6 Å². The molecule has 108 valence electrons. The second kappa shape index (κ2) is 6.13. The van der Waals surface area contributed by atoms with Gasteiger partial charge < -0.3 is 11.1 Å². The minimum atomic E-state index is -0.578. The van der Waals surface area contributed by atoms with Gasteiger partial charge in [-0.2, -0.15) is 10.2 Å². The number of carbonyl (C=O) groups excluding carboxylic acids is 2. The van der Waals surface area contributed by atoms with Crippen molar-refractivity contribution in [2.45, 2.75) is 13.8 Å². The van der Waals surface area contributed by atoms with Crippen molar-refractivity contribution in [3.8, 4) is 11.3 Å². The summed E-state index contributed by atoms with van der Waals surface area (Å²) in [5.41, 5.74) is 9.22. The minimum absolute atomic E-state index is 0.178. The van der Waals surface area contributed by atoms with Crippen LogP contribution in [0, 0.1) is 13.8 Å². The van der Waals surface area contributed by atoms with Crippen molar-refractivity contribution in [3.05, 3.63) is 47.2 Å². The van der Waals surface area contributed by atoms with E-state index >= 15 is 0 Å². The zero-order valence-electron chi connectivity index (χ0n) is 11.9. The maximum absolute atomic E-state index is 11.8. The van der Waals surface area contributed by atoms with E-state index in [0.29, 0.717) is 5.56 Å². The highest BCUT2D eigenvalue weighted by Gasteiger charge is 2.09. The van der Waals surface area contributed by atoms with Crippen LogP contribution in [0.3, 0.4) is 0 Å². The quantitative estimate of drug-likeness (QED) is 0.874. The number of benzene rings is 1. The van der Waals surface area contributed by atoms with Crippen molar-refractivity contribution in [3.63, 3.8) is 0 Å². The van der Waals surface area contributed by atoms with Crippen LogP contribution >= 0.6 is 0 Å². The Kier molecular flexibility index (Phi) is 4.27. The molecule has 0 atom stereocenters. The first kappa shape index (κ1) is 14.6. The van der Waals surface area contributed by atoms with Crippen LogP contribution in [0.5, 0.6) is 0 Å². The van der Waals surface area contributed by atoms with Gasteiger partial charge in [0.2, 0.25) is 5.91 Å². The highest BCUT2D eigenvalue weighted by molar-refractivity contribution is 5.96. The summed E-state index contributed by atoms with van der Waals surface area (Å²) in [6, 6.07) is 6.95. The Bertz CT molecular complexity index is 681. The summed E-state index contributed by atoms with van der Waals surface area (Å²) in [6.45, 7) is 3.77. The van der Waals surface area contributed by atoms with Gasteiger partial charge in [-0.3, -0.25) is 9.59 Å². The van der Waals surface area contributed by atoms with E-state index in [9.17, 15) is 9.59 Å². The number of nitrogens with one attached hydrogen (secondary N) is 1.